The number of halogens is 4. The van der Waals surface area contributed by atoms with E-state index in [1.807, 2.05) is 6.92 Å². The van der Waals surface area contributed by atoms with Crippen molar-refractivity contribution in [1.82, 2.24) is 15.5 Å². The lowest BCUT2D eigenvalue weighted by molar-refractivity contribution is -0.143. The highest BCUT2D eigenvalue weighted by Gasteiger charge is 2.28. The van der Waals surface area contributed by atoms with Crippen molar-refractivity contribution in [2.75, 3.05) is 53.0 Å². The summed E-state index contributed by atoms with van der Waals surface area (Å²) in [6, 6.07) is 0. The predicted molar refractivity (Wildman–Crippen MR) is 108 cm³/mol. The summed E-state index contributed by atoms with van der Waals surface area (Å²) in [5.74, 6) is 1.30. The molecular weight excluding hydrogens is 448 g/mol. The van der Waals surface area contributed by atoms with Crippen molar-refractivity contribution in [3.8, 4) is 0 Å². The highest BCUT2D eigenvalue weighted by Crippen LogP contribution is 2.15. The monoisotopic (exact) mass is 482 g/mol. The lowest BCUT2D eigenvalue weighted by Crippen LogP contribution is -2.39. The van der Waals surface area contributed by atoms with E-state index in [0.717, 1.165) is 19.6 Å². The van der Waals surface area contributed by atoms with Crippen LogP contribution in [0.2, 0.25) is 0 Å². The molecule has 0 spiro atoms. The molecule has 5 nitrogen and oxygen atoms in total. The van der Waals surface area contributed by atoms with Crippen LogP contribution in [0.3, 0.4) is 0 Å². The van der Waals surface area contributed by atoms with Crippen molar-refractivity contribution in [2.24, 2.45) is 10.9 Å². The third-order valence-electron chi connectivity index (χ3n) is 3.14. The van der Waals surface area contributed by atoms with Crippen LogP contribution < -0.4 is 10.6 Å². The van der Waals surface area contributed by atoms with Gasteiger partial charge >= 0.3 is 6.18 Å². The molecule has 0 amide bonds. The number of guanidine groups is 1. The minimum atomic E-state index is -4.15. The van der Waals surface area contributed by atoms with Gasteiger partial charge in [0.1, 0.15) is 0 Å². The van der Waals surface area contributed by atoms with E-state index in [9.17, 15) is 13.2 Å². The molecule has 0 saturated heterocycles. The summed E-state index contributed by atoms with van der Waals surface area (Å²) < 4.78 is 42.2. The quantitative estimate of drug-likeness (QED) is 0.194. The van der Waals surface area contributed by atoms with E-state index in [2.05, 4.69) is 29.5 Å². The van der Waals surface area contributed by atoms with Crippen molar-refractivity contribution >= 4 is 29.9 Å². The number of hydrogen-bond acceptors (Lipinski definition) is 3. The minimum absolute atomic E-state index is 0. The predicted octanol–water partition coefficient (Wildman–Crippen LogP) is 3.11. The Kier molecular flexibility index (Phi) is 17.2. The molecule has 0 radical (unpaired) electrons. The highest BCUT2D eigenvalue weighted by molar-refractivity contribution is 14.0. The fourth-order valence-electron chi connectivity index (χ4n) is 1.92. The number of aliphatic imine (C=N–C) groups is 1. The molecule has 0 aromatic carbocycles. The zero-order chi connectivity index (χ0) is 18.4. The molecule has 0 bridgehead atoms. The highest BCUT2D eigenvalue weighted by atomic mass is 127. The Balaban J connectivity index is 0. The number of nitrogens with one attached hydrogen (secondary N) is 2. The number of rotatable bonds is 12. The first kappa shape index (κ1) is 26.9. The van der Waals surface area contributed by atoms with Crippen LogP contribution in [-0.4, -0.2) is 70.0 Å². The Morgan fingerprint density at radius 2 is 1.88 bits per heavy atom. The van der Waals surface area contributed by atoms with Gasteiger partial charge in [-0.1, -0.05) is 13.8 Å². The average molecular weight is 482 g/mol. The van der Waals surface area contributed by atoms with Crippen LogP contribution in [0.1, 0.15) is 33.6 Å². The van der Waals surface area contributed by atoms with Crippen LogP contribution in [0, 0.1) is 5.92 Å². The molecule has 0 aliphatic carbocycles. The Labute approximate surface area is 167 Å². The van der Waals surface area contributed by atoms with Crippen molar-refractivity contribution in [3.05, 3.63) is 0 Å². The minimum Gasteiger partial charge on any atom is -0.380 e. The number of hydrogen-bond donors (Lipinski definition) is 2. The Morgan fingerprint density at radius 1 is 1.20 bits per heavy atom. The van der Waals surface area contributed by atoms with Crippen LogP contribution in [0.25, 0.3) is 0 Å². The second-order valence-corrected chi connectivity index (χ2v) is 6.19. The maximum absolute atomic E-state index is 12.2. The second-order valence-electron chi connectivity index (χ2n) is 6.19. The largest absolute Gasteiger partial charge is 0.401 e. The fraction of sp³-hybridized carbons (Fsp3) is 0.938. The van der Waals surface area contributed by atoms with Crippen LogP contribution in [0.4, 0.5) is 13.2 Å². The molecule has 0 aliphatic rings. The van der Waals surface area contributed by atoms with E-state index in [4.69, 9.17) is 4.74 Å². The summed E-state index contributed by atoms with van der Waals surface area (Å²) in [6.45, 7) is 8.96. The Hall–Kier alpha value is -0.290. The topological polar surface area (TPSA) is 48.9 Å². The van der Waals surface area contributed by atoms with Gasteiger partial charge in [0.05, 0.1) is 13.2 Å². The zero-order valence-electron chi connectivity index (χ0n) is 15.8. The second kappa shape index (κ2) is 15.9. The molecule has 9 heteroatoms. The summed E-state index contributed by atoms with van der Waals surface area (Å²) in [7, 11) is 1.47. The van der Waals surface area contributed by atoms with Gasteiger partial charge in [0.15, 0.2) is 5.96 Å². The van der Waals surface area contributed by atoms with Gasteiger partial charge in [-0.3, -0.25) is 9.89 Å². The van der Waals surface area contributed by atoms with E-state index in [1.54, 1.807) is 0 Å². The number of alkyl halides is 3. The summed E-state index contributed by atoms with van der Waals surface area (Å²) >= 11 is 0. The molecule has 0 atom stereocenters. The van der Waals surface area contributed by atoms with Gasteiger partial charge < -0.3 is 15.4 Å². The van der Waals surface area contributed by atoms with E-state index < -0.39 is 12.7 Å². The van der Waals surface area contributed by atoms with E-state index in [1.165, 1.54) is 11.9 Å². The molecule has 25 heavy (non-hydrogen) atoms. The van der Waals surface area contributed by atoms with Crippen molar-refractivity contribution in [1.29, 1.82) is 0 Å². The first-order chi connectivity index (χ1) is 11.2. The van der Waals surface area contributed by atoms with Crippen molar-refractivity contribution in [3.63, 3.8) is 0 Å². The van der Waals surface area contributed by atoms with E-state index in [-0.39, 0.29) is 24.0 Å². The zero-order valence-corrected chi connectivity index (χ0v) is 18.1. The lowest BCUT2D eigenvalue weighted by atomic mass is 10.1. The average Bonchev–Trinajstić information content (AvgIpc) is 2.44. The molecule has 152 valence electrons. The van der Waals surface area contributed by atoms with Gasteiger partial charge in [-0.15, -0.1) is 24.0 Å². The van der Waals surface area contributed by atoms with Crippen molar-refractivity contribution in [2.45, 2.75) is 39.8 Å². The smallest absolute Gasteiger partial charge is 0.380 e. The van der Waals surface area contributed by atoms with Gasteiger partial charge in [-0.25, -0.2) is 0 Å². The molecule has 0 fully saturated rings. The molecule has 2 N–H and O–H groups in total. The molecule has 0 aromatic rings. The van der Waals surface area contributed by atoms with Gasteiger partial charge in [-0.05, 0) is 39.3 Å². The SMILES string of the molecule is CCNC(=NCCCN(C)CC(F)(F)F)NCCOCCC(C)C.I. The van der Waals surface area contributed by atoms with Gasteiger partial charge in [0.25, 0.3) is 0 Å². The molecule has 0 aromatic heterocycles. The summed E-state index contributed by atoms with van der Waals surface area (Å²) in [4.78, 5) is 5.62. The maximum atomic E-state index is 12.2. The van der Waals surface area contributed by atoms with Gasteiger partial charge in [0.2, 0.25) is 0 Å². The van der Waals surface area contributed by atoms with Crippen LogP contribution in [0.5, 0.6) is 0 Å². The first-order valence-electron chi connectivity index (χ1n) is 8.59. The van der Waals surface area contributed by atoms with Crippen LogP contribution in [0.15, 0.2) is 4.99 Å². The van der Waals surface area contributed by atoms with Crippen LogP contribution >= 0.6 is 24.0 Å². The summed E-state index contributed by atoms with van der Waals surface area (Å²) in [5, 5.41) is 6.26. The maximum Gasteiger partial charge on any atom is 0.401 e. The molecule has 0 saturated carbocycles. The number of nitrogens with zero attached hydrogens (tertiary/aromatic N) is 2. The Morgan fingerprint density at radius 3 is 2.44 bits per heavy atom. The lowest BCUT2D eigenvalue weighted by Gasteiger charge is -2.18. The molecule has 0 aliphatic heterocycles. The summed E-state index contributed by atoms with van der Waals surface area (Å²) in [5.41, 5.74) is 0. The third kappa shape index (κ3) is 19.9. The van der Waals surface area contributed by atoms with E-state index in [0.29, 0.717) is 44.5 Å². The Bertz CT molecular complexity index is 342. The molecule has 0 heterocycles. The first-order valence-corrected chi connectivity index (χ1v) is 8.59. The molecule has 0 rings (SSSR count). The third-order valence-corrected chi connectivity index (χ3v) is 3.14. The number of ether oxygens (including phenoxy) is 1. The standard InChI is InChI=1S/C16H33F3N4O.HI/c1-5-20-15(22-9-12-24-11-7-14(2)3)21-8-6-10-23(4)13-16(17,18)19;/h14H,5-13H2,1-4H3,(H2,20,21,22);1H. The molecule has 0 unspecified atom stereocenters. The van der Waals surface area contributed by atoms with E-state index >= 15 is 0 Å². The van der Waals surface area contributed by atoms with Crippen molar-refractivity contribution < 1.29 is 17.9 Å². The van der Waals surface area contributed by atoms with Crippen LogP contribution in [-0.2, 0) is 4.74 Å². The van der Waals surface area contributed by atoms with Gasteiger partial charge in [0, 0.05) is 26.2 Å². The molecular formula is C16H34F3IN4O. The fourth-order valence-corrected chi connectivity index (χ4v) is 1.92. The summed E-state index contributed by atoms with van der Waals surface area (Å²) in [6.07, 6.45) is -2.53. The normalized spacial score (nSPS) is 12.4. The van der Waals surface area contributed by atoms with Gasteiger partial charge in [-0.2, -0.15) is 13.2 Å².